The zero-order valence-electron chi connectivity index (χ0n) is 17.7. The molecule has 0 saturated carbocycles. The second kappa shape index (κ2) is 9.92. The molecule has 1 saturated heterocycles. The fourth-order valence-electron chi connectivity index (χ4n) is 3.67. The molecular formula is C22H35N3O3. The fraction of sp³-hybridized carbons (Fsp3) is 0.636. The van der Waals surface area contributed by atoms with Gasteiger partial charge in [-0.2, -0.15) is 0 Å². The van der Waals surface area contributed by atoms with Crippen molar-refractivity contribution >= 4 is 12.0 Å². The number of likely N-dealkylation sites (N-methyl/N-ethyl adjacent to an activating group) is 1. The van der Waals surface area contributed by atoms with E-state index in [0.717, 1.165) is 24.8 Å². The number of carboxylic acids is 1. The second-order valence-electron chi connectivity index (χ2n) is 8.27. The predicted molar refractivity (Wildman–Crippen MR) is 111 cm³/mol. The van der Waals surface area contributed by atoms with E-state index in [1.807, 2.05) is 16.7 Å². The first-order chi connectivity index (χ1) is 13.3. The molecule has 1 aromatic rings. The van der Waals surface area contributed by atoms with Crippen LogP contribution in [0.2, 0.25) is 0 Å². The maximum atomic E-state index is 12.5. The minimum absolute atomic E-state index is 0.0438. The fourth-order valence-corrected chi connectivity index (χ4v) is 3.67. The third-order valence-corrected chi connectivity index (χ3v) is 6.08. The van der Waals surface area contributed by atoms with Gasteiger partial charge in [0.2, 0.25) is 0 Å². The van der Waals surface area contributed by atoms with Gasteiger partial charge in [0.05, 0.1) is 6.54 Å². The van der Waals surface area contributed by atoms with Crippen molar-refractivity contribution in [3.05, 3.63) is 35.4 Å². The standard InChI is InChI=1S/C22H35N3O3/c1-5-22(3,4)18-9-7-17(8-10-18)15-23-21(28)25-13-11-19(12-14-25)24(6-2)16-20(26)27/h7-10,19H,5-6,11-16H2,1-4H3,(H,23,28)(H,26,27). The molecule has 0 aliphatic carbocycles. The lowest BCUT2D eigenvalue weighted by Crippen LogP contribution is -2.50. The van der Waals surface area contributed by atoms with E-state index in [0.29, 0.717) is 26.2 Å². The molecule has 0 bridgehead atoms. The van der Waals surface area contributed by atoms with E-state index in [9.17, 15) is 9.59 Å². The van der Waals surface area contributed by atoms with Crippen molar-refractivity contribution in [3.63, 3.8) is 0 Å². The maximum Gasteiger partial charge on any atom is 0.317 e. The Morgan fingerprint density at radius 2 is 1.79 bits per heavy atom. The van der Waals surface area contributed by atoms with Gasteiger partial charge in [-0.05, 0) is 42.3 Å². The number of hydrogen-bond acceptors (Lipinski definition) is 3. The normalized spacial score (nSPS) is 15.7. The number of urea groups is 1. The van der Waals surface area contributed by atoms with E-state index in [4.69, 9.17) is 5.11 Å². The number of aliphatic carboxylic acids is 1. The summed E-state index contributed by atoms with van der Waals surface area (Å²) in [5.41, 5.74) is 2.57. The van der Waals surface area contributed by atoms with Crippen LogP contribution in [0, 0.1) is 0 Å². The molecule has 1 aliphatic rings. The zero-order chi connectivity index (χ0) is 20.7. The van der Waals surface area contributed by atoms with Crippen molar-refractivity contribution in [1.29, 1.82) is 0 Å². The quantitative estimate of drug-likeness (QED) is 0.714. The minimum Gasteiger partial charge on any atom is -0.480 e. The Balaban J connectivity index is 1.81. The predicted octanol–water partition coefficient (Wildman–Crippen LogP) is 3.45. The molecule has 28 heavy (non-hydrogen) atoms. The number of carboxylic acid groups (broad SMARTS) is 1. The van der Waals surface area contributed by atoms with Crippen LogP contribution in [0.15, 0.2) is 24.3 Å². The Morgan fingerprint density at radius 1 is 1.18 bits per heavy atom. The molecule has 1 heterocycles. The molecule has 0 atom stereocenters. The van der Waals surface area contributed by atoms with Crippen LogP contribution in [0.5, 0.6) is 0 Å². The number of carbonyl (C=O) groups is 2. The van der Waals surface area contributed by atoms with Crippen molar-refractivity contribution in [2.24, 2.45) is 0 Å². The van der Waals surface area contributed by atoms with Crippen molar-refractivity contribution in [2.75, 3.05) is 26.2 Å². The third-order valence-electron chi connectivity index (χ3n) is 6.08. The summed E-state index contributed by atoms with van der Waals surface area (Å²) in [5.74, 6) is -0.796. The van der Waals surface area contributed by atoms with Crippen molar-refractivity contribution < 1.29 is 14.7 Å². The van der Waals surface area contributed by atoms with E-state index in [1.165, 1.54) is 5.56 Å². The largest absolute Gasteiger partial charge is 0.480 e. The van der Waals surface area contributed by atoms with Crippen LogP contribution in [0.1, 0.15) is 58.1 Å². The summed E-state index contributed by atoms with van der Waals surface area (Å²) < 4.78 is 0. The van der Waals surface area contributed by atoms with Crippen molar-refractivity contribution in [2.45, 2.75) is 65.0 Å². The Morgan fingerprint density at radius 3 is 2.29 bits per heavy atom. The molecule has 2 rings (SSSR count). The van der Waals surface area contributed by atoms with E-state index in [-0.39, 0.29) is 24.0 Å². The number of nitrogens with zero attached hydrogens (tertiary/aromatic N) is 2. The smallest absolute Gasteiger partial charge is 0.317 e. The van der Waals surface area contributed by atoms with Crippen LogP contribution >= 0.6 is 0 Å². The van der Waals surface area contributed by atoms with Crippen LogP contribution in [0.4, 0.5) is 4.79 Å². The molecule has 0 aromatic heterocycles. The summed E-state index contributed by atoms with van der Waals surface area (Å²) in [6, 6.07) is 8.67. The first kappa shape index (κ1) is 22.2. The highest BCUT2D eigenvalue weighted by atomic mass is 16.4. The molecule has 1 aliphatic heterocycles. The van der Waals surface area contributed by atoms with Crippen LogP contribution in [0.3, 0.4) is 0 Å². The highest BCUT2D eigenvalue weighted by Crippen LogP contribution is 2.26. The number of likely N-dealkylation sites (tertiary alicyclic amines) is 1. The molecule has 6 nitrogen and oxygen atoms in total. The van der Waals surface area contributed by atoms with E-state index >= 15 is 0 Å². The van der Waals surface area contributed by atoms with Gasteiger partial charge in [-0.25, -0.2) is 4.79 Å². The van der Waals surface area contributed by atoms with Gasteiger partial charge in [-0.3, -0.25) is 9.69 Å². The summed E-state index contributed by atoms with van der Waals surface area (Å²) in [4.78, 5) is 27.3. The van der Waals surface area contributed by atoms with Gasteiger partial charge in [0.1, 0.15) is 0 Å². The summed E-state index contributed by atoms with van der Waals surface area (Å²) >= 11 is 0. The summed E-state index contributed by atoms with van der Waals surface area (Å²) in [6.45, 7) is 11.3. The topological polar surface area (TPSA) is 72.9 Å². The molecule has 1 aromatic carbocycles. The molecule has 1 fully saturated rings. The second-order valence-corrected chi connectivity index (χ2v) is 8.27. The third kappa shape index (κ3) is 5.96. The molecule has 156 valence electrons. The lowest BCUT2D eigenvalue weighted by molar-refractivity contribution is -0.139. The molecule has 0 unspecified atom stereocenters. The average Bonchev–Trinajstić information content (AvgIpc) is 2.70. The highest BCUT2D eigenvalue weighted by Gasteiger charge is 2.27. The lowest BCUT2D eigenvalue weighted by atomic mass is 9.82. The van der Waals surface area contributed by atoms with Gasteiger partial charge in [0.25, 0.3) is 0 Å². The van der Waals surface area contributed by atoms with E-state index < -0.39 is 5.97 Å². The number of benzene rings is 1. The number of piperidine rings is 1. The number of amides is 2. The molecule has 2 N–H and O–H groups in total. The minimum atomic E-state index is -0.796. The number of hydrogen-bond donors (Lipinski definition) is 2. The first-order valence-corrected chi connectivity index (χ1v) is 10.3. The molecule has 6 heteroatoms. The molecule has 2 amide bonds. The molecule has 0 spiro atoms. The average molecular weight is 390 g/mol. The Hall–Kier alpha value is -2.08. The number of nitrogens with one attached hydrogen (secondary N) is 1. The van der Waals surface area contributed by atoms with Crippen molar-refractivity contribution in [3.8, 4) is 0 Å². The Bertz CT molecular complexity index is 649. The van der Waals surface area contributed by atoms with E-state index in [1.54, 1.807) is 0 Å². The molecular weight excluding hydrogens is 354 g/mol. The number of carbonyl (C=O) groups excluding carboxylic acids is 1. The van der Waals surface area contributed by atoms with Crippen LogP contribution in [-0.4, -0.2) is 59.1 Å². The Kier molecular flexibility index (Phi) is 7.87. The van der Waals surface area contributed by atoms with Crippen LogP contribution in [-0.2, 0) is 16.8 Å². The van der Waals surface area contributed by atoms with Gasteiger partial charge < -0.3 is 15.3 Å². The van der Waals surface area contributed by atoms with Gasteiger partial charge in [0.15, 0.2) is 0 Å². The van der Waals surface area contributed by atoms with Gasteiger partial charge >= 0.3 is 12.0 Å². The van der Waals surface area contributed by atoms with Gasteiger partial charge in [-0.15, -0.1) is 0 Å². The SMILES string of the molecule is CCN(CC(=O)O)C1CCN(C(=O)NCc2ccc(C(C)(C)CC)cc2)CC1. The molecule has 0 radical (unpaired) electrons. The summed E-state index contributed by atoms with van der Waals surface area (Å²) in [5, 5.41) is 12.0. The van der Waals surface area contributed by atoms with Crippen LogP contribution in [0.25, 0.3) is 0 Å². The van der Waals surface area contributed by atoms with Crippen LogP contribution < -0.4 is 5.32 Å². The maximum absolute atomic E-state index is 12.5. The first-order valence-electron chi connectivity index (χ1n) is 10.3. The highest BCUT2D eigenvalue weighted by molar-refractivity contribution is 5.74. The Labute approximate surface area is 168 Å². The zero-order valence-corrected chi connectivity index (χ0v) is 17.7. The monoisotopic (exact) mass is 389 g/mol. The van der Waals surface area contributed by atoms with Gasteiger partial charge in [-0.1, -0.05) is 52.0 Å². The summed E-state index contributed by atoms with van der Waals surface area (Å²) in [6.07, 6.45) is 2.71. The summed E-state index contributed by atoms with van der Waals surface area (Å²) in [7, 11) is 0. The number of rotatable bonds is 8. The van der Waals surface area contributed by atoms with Crippen molar-refractivity contribution in [1.82, 2.24) is 15.1 Å². The van der Waals surface area contributed by atoms with E-state index in [2.05, 4.69) is 50.4 Å². The van der Waals surface area contributed by atoms with Gasteiger partial charge in [0, 0.05) is 25.7 Å². The lowest BCUT2D eigenvalue weighted by Gasteiger charge is -2.37.